The van der Waals surface area contributed by atoms with E-state index < -0.39 is 0 Å². The second-order valence-electron chi connectivity index (χ2n) is 6.20. The molecule has 3 rings (SSSR count). The molecule has 1 heterocycles. The van der Waals surface area contributed by atoms with Gasteiger partial charge in [0, 0.05) is 31.2 Å². The first-order chi connectivity index (χ1) is 12.6. The molecule has 0 aliphatic rings. The first kappa shape index (κ1) is 17.7. The number of nitrogens with zero attached hydrogens (tertiary/aromatic N) is 3. The van der Waals surface area contributed by atoms with Crippen LogP contribution in [0.4, 0.5) is 5.69 Å². The smallest absolute Gasteiger partial charge is 0.275 e. The number of hydrogen-bond donors (Lipinski definition) is 1. The van der Waals surface area contributed by atoms with Crippen molar-refractivity contribution >= 4 is 22.4 Å². The maximum Gasteiger partial charge on any atom is 0.275 e. The zero-order valence-corrected chi connectivity index (χ0v) is 15.0. The largest absolute Gasteiger partial charge is 0.373 e. The molecular weight excluding hydrogens is 328 g/mol. The van der Waals surface area contributed by atoms with Gasteiger partial charge >= 0.3 is 0 Å². The summed E-state index contributed by atoms with van der Waals surface area (Å²) in [5.74, 6) is -0.226. The average Bonchev–Trinajstić information content (AvgIpc) is 2.66. The third kappa shape index (κ3) is 3.91. The number of aryl methyl sites for hydroxylation is 1. The summed E-state index contributed by atoms with van der Waals surface area (Å²) in [7, 11) is 1.97. The van der Waals surface area contributed by atoms with Crippen LogP contribution in [0.5, 0.6) is 0 Å². The van der Waals surface area contributed by atoms with Gasteiger partial charge in [0.05, 0.1) is 11.1 Å². The van der Waals surface area contributed by atoms with E-state index in [4.69, 9.17) is 0 Å². The van der Waals surface area contributed by atoms with Gasteiger partial charge in [-0.1, -0.05) is 36.4 Å². The number of likely N-dealkylation sites (N-methyl/N-ethyl adjacent to an activating group) is 1. The highest BCUT2D eigenvalue weighted by Gasteiger charge is 2.10. The quantitative estimate of drug-likeness (QED) is 0.738. The number of fused-ring (bicyclic) bond motifs is 1. The lowest BCUT2D eigenvalue weighted by Crippen LogP contribution is -2.37. The SMILES string of the molecule is Cc1nn(CC(=O)NCCN(C)c2ccccc2)c(=O)c2ccccc12. The summed E-state index contributed by atoms with van der Waals surface area (Å²) in [4.78, 5) is 26.8. The fourth-order valence-corrected chi connectivity index (χ4v) is 2.88. The Hall–Kier alpha value is -3.15. The molecule has 1 N–H and O–H groups in total. The van der Waals surface area contributed by atoms with E-state index in [0.717, 1.165) is 16.8 Å². The summed E-state index contributed by atoms with van der Waals surface area (Å²) in [6.07, 6.45) is 0. The summed E-state index contributed by atoms with van der Waals surface area (Å²) in [6.45, 7) is 2.92. The number of rotatable bonds is 6. The van der Waals surface area contributed by atoms with Crippen LogP contribution in [0.15, 0.2) is 59.4 Å². The van der Waals surface area contributed by atoms with Crippen molar-refractivity contribution in [3.8, 4) is 0 Å². The van der Waals surface area contributed by atoms with Crippen molar-refractivity contribution in [1.29, 1.82) is 0 Å². The number of hydrogen-bond acceptors (Lipinski definition) is 4. The minimum absolute atomic E-state index is 0.0838. The fourth-order valence-electron chi connectivity index (χ4n) is 2.88. The fraction of sp³-hybridized carbons (Fsp3) is 0.250. The van der Waals surface area contributed by atoms with Gasteiger partial charge in [-0.25, -0.2) is 4.68 Å². The summed E-state index contributed by atoms with van der Waals surface area (Å²) in [5, 5.41) is 8.51. The predicted octanol–water partition coefficient (Wildman–Crippen LogP) is 1.96. The van der Waals surface area contributed by atoms with Crippen LogP contribution < -0.4 is 15.8 Å². The first-order valence-corrected chi connectivity index (χ1v) is 8.55. The first-order valence-electron chi connectivity index (χ1n) is 8.55. The van der Waals surface area contributed by atoms with Crippen LogP contribution in [0.2, 0.25) is 0 Å². The van der Waals surface area contributed by atoms with E-state index in [-0.39, 0.29) is 18.0 Å². The zero-order valence-electron chi connectivity index (χ0n) is 15.0. The zero-order chi connectivity index (χ0) is 18.5. The highest BCUT2D eigenvalue weighted by Crippen LogP contribution is 2.12. The molecule has 0 bridgehead atoms. The van der Waals surface area contributed by atoms with Gasteiger partial charge in [0.2, 0.25) is 5.91 Å². The Morgan fingerprint density at radius 2 is 1.73 bits per heavy atom. The number of carbonyl (C=O) groups is 1. The molecule has 2 aromatic carbocycles. The third-order valence-electron chi connectivity index (χ3n) is 4.31. The molecule has 0 aliphatic heterocycles. The predicted molar refractivity (Wildman–Crippen MR) is 103 cm³/mol. The van der Waals surface area contributed by atoms with Gasteiger partial charge in [-0.15, -0.1) is 0 Å². The Morgan fingerprint density at radius 1 is 1.08 bits per heavy atom. The topological polar surface area (TPSA) is 67.2 Å². The Morgan fingerprint density at radius 3 is 2.46 bits per heavy atom. The van der Waals surface area contributed by atoms with Gasteiger partial charge in [0.15, 0.2) is 0 Å². The van der Waals surface area contributed by atoms with E-state index in [0.29, 0.717) is 18.5 Å². The summed E-state index contributed by atoms with van der Waals surface area (Å²) in [6, 6.07) is 17.3. The van der Waals surface area contributed by atoms with Crippen LogP contribution in [0.1, 0.15) is 5.69 Å². The molecule has 0 saturated heterocycles. The number of carbonyl (C=O) groups excluding carboxylic acids is 1. The molecule has 0 atom stereocenters. The second kappa shape index (κ2) is 7.82. The van der Waals surface area contributed by atoms with Gasteiger partial charge in [0.1, 0.15) is 6.54 Å². The Balaban J connectivity index is 1.61. The van der Waals surface area contributed by atoms with Crippen molar-refractivity contribution in [2.75, 3.05) is 25.0 Å². The second-order valence-corrected chi connectivity index (χ2v) is 6.20. The van der Waals surface area contributed by atoms with E-state index in [1.807, 2.05) is 62.5 Å². The van der Waals surface area contributed by atoms with Crippen molar-refractivity contribution < 1.29 is 4.79 Å². The minimum atomic E-state index is -0.247. The molecular formula is C20H22N4O2. The number of para-hydroxylation sites is 1. The van der Waals surface area contributed by atoms with Crippen LogP contribution in [-0.2, 0) is 11.3 Å². The molecule has 3 aromatic rings. The third-order valence-corrected chi connectivity index (χ3v) is 4.31. The van der Waals surface area contributed by atoms with Crippen molar-refractivity contribution in [2.45, 2.75) is 13.5 Å². The van der Waals surface area contributed by atoms with E-state index in [1.54, 1.807) is 6.07 Å². The lowest BCUT2D eigenvalue weighted by Gasteiger charge is -2.19. The van der Waals surface area contributed by atoms with Crippen molar-refractivity contribution in [1.82, 2.24) is 15.1 Å². The number of anilines is 1. The number of amides is 1. The molecule has 0 aliphatic carbocycles. The molecule has 6 nitrogen and oxygen atoms in total. The van der Waals surface area contributed by atoms with E-state index in [1.165, 1.54) is 4.68 Å². The summed E-state index contributed by atoms with van der Waals surface area (Å²) in [5.41, 5.74) is 1.57. The molecule has 0 radical (unpaired) electrons. The maximum absolute atomic E-state index is 12.5. The van der Waals surface area contributed by atoms with Crippen LogP contribution >= 0.6 is 0 Å². The van der Waals surface area contributed by atoms with Crippen LogP contribution in [0.3, 0.4) is 0 Å². The molecule has 0 spiro atoms. The van der Waals surface area contributed by atoms with E-state index >= 15 is 0 Å². The molecule has 0 saturated carbocycles. The van der Waals surface area contributed by atoms with E-state index in [2.05, 4.69) is 15.3 Å². The van der Waals surface area contributed by atoms with Gasteiger partial charge in [-0.3, -0.25) is 9.59 Å². The normalized spacial score (nSPS) is 10.7. The van der Waals surface area contributed by atoms with Crippen LogP contribution in [-0.4, -0.2) is 35.8 Å². The molecule has 1 aromatic heterocycles. The van der Waals surface area contributed by atoms with Gasteiger partial charge < -0.3 is 10.2 Å². The van der Waals surface area contributed by atoms with E-state index in [9.17, 15) is 9.59 Å². The minimum Gasteiger partial charge on any atom is -0.373 e. The van der Waals surface area contributed by atoms with Gasteiger partial charge in [-0.05, 0) is 25.1 Å². The Labute approximate surface area is 152 Å². The molecule has 0 unspecified atom stereocenters. The monoisotopic (exact) mass is 350 g/mol. The lowest BCUT2D eigenvalue weighted by atomic mass is 10.1. The standard InChI is InChI=1S/C20H22N4O2/c1-15-17-10-6-7-11-18(17)20(26)24(22-15)14-19(25)21-12-13-23(2)16-8-4-3-5-9-16/h3-11H,12-14H2,1-2H3,(H,21,25). The molecule has 26 heavy (non-hydrogen) atoms. The van der Waals surface area contributed by atoms with Crippen molar-refractivity contribution in [3.63, 3.8) is 0 Å². The molecule has 6 heteroatoms. The van der Waals surface area contributed by atoms with Crippen molar-refractivity contribution in [3.05, 3.63) is 70.6 Å². The molecule has 0 fully saturated rings. The van der Waals surface area contributed by atoms with Gasteiger partial charge in [0.25, 0.3) is 5.56 Å². The summed E-state index contributed by atoms with van der Waals surface area (Å²) < 4.78 is 1.23. The van der Waals surface area contributed by atoms with Crippen LogP contribution in [0, 0.1) is 6.92 Å². The van der Waals surface area contributed by atoms with Gasteiger partial charge in [-0.2, -0.15) is 5.10 Å². The Kier molecular flexibility index (Phi) is 5.31. The average molecular weight is 350 g/mol. The Bertz CT molecular complexity index is 966. The summed E-state index contributed by atoms with van der Waals surface area (Å²) >= 11 is 0. The number of nitrogens with one attached hydrogen (secondary N) is 1. The molecule has 1 amide bonds. The number of aromatic nitrogens is 2. The van der Waals surface area contributed by atoms with Crippen LogP contribution in [0.25, 0.3) is 10.8 Å². The highest BCUT2D eigenvalue weighted by atomic mass is 16.2. The molecule has 134 valence electrons. The highest BCUT2D eigenvalue weighted by molar-refractivity contribution is 5.83. The van der Waals surface area contributed by atoms with Crippen molar-refractivity contribution in [2.24, 2.45) is 0 Å². The number of benzene rings is 2. The maximum atomic E-state index is 12.5. The lowest BCUT2D eigenvalue weighted by molar-refractivity contribution is -0.121.